The number of hydrogen-bond acceptors (Lipinski definition) is 2. The van der Waals surface area contributed by atoms with Gasteiger partial charge in [0.1, 0.15) is 0 Å². The standard InChI is InChI=1S/C13H13ClO2Se/c14-11-10-7-6-9(15)12(16-10)13(11)17-8-4-2-1-3-5-8/h1-5,10-13H,6-7H2/t10-,11+,12+,13-/m1/s1. The van der Waals surface area contributed by atoms with E-state index in [1.807, 2.05) is 18.2 Å². The van der Waals surface area contributed by atoms with Crippen molar-refractivity contribution in [1.82, 2.24) is 0 Å². The van der Waals surface area contributed by atoms with Crippen LogP contribution in [-0.4, -0.2) is 38.3 Å². The Morgan fingerprint density at radius 3 is 2.82 bits per heavy atom. The summed E-state index contributed by atoms with van der Waals surface area (Å²) in [5.74, 6) is 0.243. The van der Waals surface area contributed by atoms with Crippen molar-refractivity contribution < 1.29 is 9.53 Å². The van der Waals surface area contributed by atoms with Gasteiger partial charge in [-0.05, 0) is 0 Å². The van der Waals surface area contributed by atoms with Gasteiger partial charge in [0.05, 0.1) is 0 Å². The summed E-state index contributed by atoms with van der Waals surface area (Å²) in [7, 11) is 0. The number of alkyl halides is 1. The summed E-state index contributed by atoms with van der Waals surface area (Å²) in [5.41, 5.74) is 0. The zero-order valence-electron chi connectivity index (χ0n) is 9.21. The van der Waals surface area contributed by atoms with Gasteiger partial charge in [-0.25, -0.2) is 0 Å². The molecule has 4 atom stereocenters. The number of ketones is 1. The van der Waals surface area contributed by atoms with Crippen LogP contribution in [-0.2, 0) is 9.53 Å². The first-order valence-corrected chi connectivity index (χ1v) is 8.08. The Morgan fingerprint density at radius 2 is 2.06 bits per heavy atom. The van der Waals surface area contributed by atoms with Crippen LogP contribution in [0.1, 0.15) is 12.8 Å². The summed E-state index contributed by atoms with van der Waals surface area (Å²) in [6.45, 7) is 0. The number of rotatable bonds is 2. The molecule has 0 radical (unpaired) electrons. The third-order valence-corrected chi connectivity index (χ3v) is 7.04. The van der Waals surface area contributed by atoms with Crippen molar-refractivity contribution in [3.63, 3.8) is 0 Å². The van der Waals surface area contributed by atoms with Crippen molar-refractivity contribution in [3.8, 4) is 0 Å². The second-order valence-corrected chi connectivity index (χ2v) is 7.57. The van der Waals surface area contributed by atoms with Gasteiger partial charge in [0, 0.05) is 0 Å². The molecule has 0 unspecified atom stereocenters. The fourth-order valence-electron chi connectivity index (χ4n) is 2.42. The second kappa shape index (κ2) is 4.73. The molecule has 0 aliphatic carbocycles. The molecule has 90 valence electrons. The Morgan fingerprint density at radius 1 is 1.29 bits per heavy atom. The number of fused-ring (bicyclic) bond motifs is 2. The van der Waals surface area contributed by atoms with Crippen LogP contribution in [0, 0.1) is 0 Å². The monoisotopic (exact) mass is 316 g/mol. The van der Waals surface area contributed by atoms with E-state index in [9.17, 15) is 4.79 Å². The summed E-state index contributed by atoms with van der Waals surface area (Å²) in [4.78, 5) is 12.0. The molecule has 3 rings (SSSR count). The average Bonchev–Trinajstić information content (AvgIpc) is 2.61. The quantitative estimate of drug-likeness (QED) is 0.611. The van der Waals surface area contributed by atoms with Crippen LogP contribution in [0.25, 0.3) is 0 Å². The number of benzene rings is 1. The van der Waals surface area contributed by atoms with Crippen molar-refractivity contribution in [3.05, 3.63) is 30.3 Å². The molecule has 17 heavy (non-hydrogen) atoms. The number of carbonyl (C=O) groups excluding carboxylic acids is 1. The molecule has 0 aromatic heterocycles. The van der Waals surface area contributed by atoms with Crippen LogP contribution in [0.4, 0.5) is 0 Å². The fourth-order valence-corrected chi connectivity index (χ4v) is 5.67. The van der Waals surface area contributed by atoms with E-state index in [1.54, 1.807) is 0 Å². The number of hydrogen-bond donors (Lipinski definition) is 0. The van der Waals surface area contributed by atoms with Gasteiger partial charge in [0.2, 0.25) is 0 Å². The first-order chi connectivity index (χ1) is 8.25. The first kappa shape index (κ1) is 11.7. The van der Waals surface area contributed by atoms with Gasteiger partial charge in [0.15, 0.2) is 0 Å². The van der Waals surface area contributed by atoms with Crippen LogP contribution >= 0.6 is 11.6 Å². The molecule has 2 saturated heterocycles. The third kappa shape index (κ3) is 2.17. The van der Waals surface area contributed by atoms with Crippen LogP contribution in [0.3, 0.4) is 0 Å². The molecule has 0 spiro atoms. The van der Waals surface area contributed by atoms with Gasteiger partial charge in [-0.2, -0.15) is 0 Å². The molecule has 2 bridgehead atoms. The van der Waals surface area contributed by atoms with E-state index >= 15 is 0 Å². The van der Waals surface area contributed by atoms with Gasteiger partial charge in [-0.15, -0.1) is 0 Å². The number of Topliss-reactive ketones (excluding diaryl/α,β-unsaturated/α-hetero) is 1. The third-order valence-electron chi connectivity index (χ3n) is 3.30. The van der Waals surface area contributed by atoms with E-state index in [0.29, 0.717) is 6.42 Å². The maximum atomic E-state index is 11.8. The van der Waals surface area contributed by atoms with E-state index in [2.05, 4.69) is 12.1 Å². The SMILES string of the molecule is O=C1CC[C@H]2O[C@@H]1[C@H]([Se]c1ccccc1)[C@H]2Cl. The summed E-state index contributed by atoms with van der Waals surface area (Å²) in [6, 6.07) is 10.3. The van der Waals surface area contributed by atoms with Crippen molar-refractivity contribution >= 4 is 36.8 Å². The molecule has 1 aromatic carbocycles. The Kier molecular flexibility index (Phi) is 3.27. The zero-order valence-corrected chi connectivity index (χ0v) is 11.7. The zero-order chi connectivity index (χ0) is 11.8. The minimum absolute atomic E-state index is 0.00616. The van der Waals surface area contributed by atoms with Gasteiger partial charge in [0.25, 0.3) is 0 Å². The average molecular weight is 316 g/mol. The van der Waals surface area contributed by atoms with Crippen molar-refractivity contribution in [2.75, 3.05) is 0 Å². The first-order valence-electron chi connectivity index (χ1n) is 5.79. The van der Waals surface area contributed by atoms with E-state index in [1.165, 1.54) is 4.46 Å². The molecule has 2 nitrogen and oxygen atoms in total. The molecular formula is C13H13ClO2Se. The topological polar surface area (TPSA) is 26.3 Å². The predicted octanol–water partition coefficient (Wildman–Crippen LogP) is 1.54. The number of carbonyl (C=O) groups is 1. The van der Waals surface area contributed by atoms with Crippen LogP contribution < -0.4 is 4.46 Å². The number of ether oxygens (including phenoxy) is 1. The molecule has 1 aromatic rings. The second-order valence-electron chi connectivity index (χ2n) is 4.44. The molecule has 2 fully saturated rings. The van der Waals surface area contributed by atoms with Gasteiger partial charge in [-0.1, -0.05) is 0 Å². The molecule has 2 aliphatic rings. The Bertz CT molecular complexity index is 423. The Hall–Kier alpha value is -0.341. The molecule has 0 amide bonds. The van der Waals surface area contributed by atoms with Crippen molar-refractivity contribution in [1.29, 1.82) is 0 Å². The molecule has 0 saturated carbocycles. The van der Waals surface area contributed by atoms with E-state index in [4.69, 9.17) is 16.3 Å². The molecule has 2 aliphatic heterocycles. The Balaban J connectivity index is 1.80. The Labute approximate surface area is 112 Å². The summed E-state index contributed by atoms with van der Waals surface area (Å²) in [5, 5.41) is 0.00616. The minimum atomic E-state index is -0.239. The molecular weight excluding hydrogens is 303 g/mol. The number of halogens is 1. The van der Waals surface area contributed by atoms with E-state index in [0.717, 1.165) is 6.42 Å². The van der Waals surface area contributed by atoms with Crippen LogP contribution in [0.2, 0.25) is 4.82 Å². The summed E-state index contributed by atoms with van der Waals surface area (Å²) < 4.78 is 7.03. The van der Waals surface area contributed by atoms with Gasteiger partial charge < -0.3 is 0 Å². The van der Waals surface area contributed by atoms with Crippen molar-refractivity contribution in [2.45, 2.75) is 35.2 Å². The molecule has 4 heteroatoms. The van der Waals surface area contributed by atoms with E-state index < -0.39 is 0 Å². The predicted molar refractivity (Wildman–Crippen MR) is 68.1 cm³/mol. The van der Waals surface area contributed by atoms with E-state index in [-0.39, 0.29) is 43.1 Å². The van der Waals surface area contributed by atoms with Crippen LogP contribution in [0.5, 0.6) is 0 Å². The van der Waals surface area contributed by atoms with Gasteiger partial charge in [-0.3, -0.25) is 0 Å². The molecule has 0 N–H and O–H groups in total. The maximum absolute atomic E-state index is 11.8. The van der Waals surface area contributed by atoms with Crippen molar-refractivity contribution in [2.24, 2.45) is 0 Å². The van der Waals surface area contributed by atoms with Gasteiger partial charge >= 0.3 is 112 Å². The summed E-state index contributed by atoms with van der Waals surface area (Å²) in [6.07, 6.45) is 1.29. The summed E-state index contributed by atoms with van der Waals surface area (Å²) >= 11 is 6.65. The van der Waals surface area contributed by atoms with Crippen LogP contribution in [0.15, 0.2) is 30.3 Å². The fraction of sp³-hybridized carbons (Fsp3) is 0.462. The molecule has 2 heterocycles. The normalized spacial score (nSPS) is 36.2.